The number of aromatic nitrogens is 1. The zero-order valence-electron chi connectivity index (χ0n) is 14.0. The van der Waals surface area contributed by atoms with Crippen molar-refractivity contribution in [1.82, 2.24) is 9.88 Å². The minimum Gasteiger partial charge on any atom is -0.444 e. The normalized spacial score (nSPS) is 10.8. The summed E-state index contributed by atoms with van der Waals surface area (Å²) in [5, 5.41) is 4.21. The molecular formula is C19H18N4O2. The highest BCUT2D eigenvalue weighted by Gasteiger charge is 2.06. The molecular weight excluding hydrogens is 316 g/mol. The number of benzene rings is 2. The first kappa shape index (κ1) is 16.4. The van der Waals surface area contributed by atoms with Gasteiger partial charge in [0.05, 0.1) is 18.1 Å². The van der Waals surface area contributed by atoms with E-state index in [1.54, 1.807) is 43.5 Å². The minimum absolute atomic E-state index is 0.0199. The Bertz CT molecular complexity index is 851. The first-order valence-corrected chi connectivity index (χ1v) is 7.73. The number of carbonyl (C=O) groups is 1. The quantitative estimate of drug-likeness (QED) is 0.573. The average Bonchev–Trinajstić information content (AvgIpc) is 3.17. The maximum absolute atomic E-state index is 11.8. The first-order valence-electron chi connectivity index (χ1n) is 7.73. The summed E-state index contributed by atoms with van der Waals surface area (Å²) in [7, 11) is 3.46. The Morgan fingerprint density at radius 3 is 2.44 bits per heavy atom. The number of anilines is 1. The molecule has 0 aliphatic heterocycles. The smallest absolute Gasteiger partial charge is 0.253 e. The molecule has 1 heterocycles. The van der Waals surface area contributed by atoms with Crippen molar-refractivity contribution in [2.75, 3.05) is 19.5 Å². The van der Waals surface area contributed by atoms with Gasteiger partial charge in [0.2, 0.25) is 0 Å². The van der Waals surface area contributed by atoms with Crippen LogP contribution in [0, 0.1) is 0 Å². The van der Waals surface area contributed by atoms with Crippen LogP contribution >= 0.6 is 0 Å². The van der Waals surface area contributed by atoms with E-state index in [1.807, 2.05) is 36.4 Å². The molecule has 6 nitrogen and oxygen atoms in total. The lowest BCUT2D eigenvalue weighted by atomic mass is 10.1. The summed E-state index contributed by atoms with van der Waals surface area (Å²) in [5.74, 6) is 0.705. The molecule has 3 rings (SSSR count). The van der Waals surface area contributed by atoms with Crippen LogP contribution in [0.1, 0.15) is 15.9 Å². The Morgan fingerprint density at radius 1 is 1.12 bits per heavy atom. The molecule has 0 fully saturated rings. The van der Waals surface area contributed by atoms with Gasteiger partial charge in [-0.25, -0.2) is 4.98 Å². The van der Waals surface area contributed by atoms with E-state index >= 15 is 0 Å². The van der Waals surface area contributed by atoms with Crippen LogP contribution in [-0.4, -0.2) is 36.1 Å². The summed E-state index contributed by atoms with van der Waals surface area (Å²) < 4.78 is 5.25. The van der Waals surface area contributed by atoms with Crippen LogP contribution in [-0.2, 0) is 0 Å². The molecule has 0 atom stereocenters. The molecule has 126 valence electrons. The Kier molecular flexibility index (Phi) is 4.89. The zero-order valence-corrected chi connectivity index (χ0v) is 14.0. The third-order valence-electron chi connectivity index (χ3n) is 3.57. The number of nitrogens with one attached hydrogen (secondary N) is 1. The number of amides is 1. The van der Waals surface area contributed by atoms with Crippen molar-refractivity contribution in [3.05, 3.63) is 72.2 Å². The molecule has 0 spiro atoms. The number of carbonyl (C=O) groups excluding carboxylic acids is 1. The van der Waals surface area contributed by atoms with Gasteiger partial charge in [-0.2, -0.15) is 5.10 Å². The minimum atomic E-state index is -0.0199. The molecule has 0 bridgehead atoms. The van der Waals surface area contributed by atoms with E-state index in [1.165, 1.54) is 6.39 Å². The molecule has 6 heteroatoms. The zero-order chi connectivity index (χ0) is 17.6. The Morgan fingerprint density at radius 2 is 1.84 bits per heavy atom. The summed E-state index contributed by atoms with van der Waals surface area (Å²) in [4.78, 5) is 17.3. The monoisotopic (exact) mass is 334 g/mol. The summed E-state index contributed by atoms with van der Waals surface area (Å²) in [5.41, 5.74) is 6.34. The van der Waals surface area contributed by atoms with E-state index in [0.29, 0.717) is 5.56 Å². The topological polar surface area (TPSA) is 70.7 Å². The van der Waals surface area contributed by atoms with Gasteiger partial charge in [0.15, 0.2) is 12.2 Å². The molecule has 0 radical (unpaired) electrons. The van der Waals surface area contributed by atoms with Crippen molar-refractivity contribution >= 4 is 17.8 Å². The first-order chi connectivity index (χ1) is 12.1. The second-order valence-corrected chi connectivity index (χ2v) is 5.63. The van der Waals surface area contributed by atoms with Crippen LogP contribution in [0.2, 0.25) is 0 Å². The van der Waals surface area contributed by atoms with Gasteiger partial charge in [0, 0.05) is 25.2 Å². The van der Waals surface area contributed by atoms with E-state index in [-0.39, 0.29) is 5.91 Å². The Labute approximate surface area is 145 Å². The van der Waals surface area contributed by atoms with Crippen LogP contribution in [0.5, 0.6) is 0 Å². The lowest BCUT2D eigenvalue weighted by Crippen LogP contribution is -2.21. The second kappa shape index (κ2) is 7.44. The van der Waals surface area contributed by atoms with Gasteiger partial charge >= 0.3 is 0 Å². The fourth-order valence-electron chi connectivity index (χ4n) is 2.22. The van der Waals surface area contributed by atoms with E-state index in [0.717, 1.165) is 22.6 Å². The predicted octanol–water partition coefficient (Wildman–Crippen LogP) is 3.49. The third-order valence-corrected chi connectivity index (χ3v) is 3.57. The van der Waals surface area contributed by atoms with Crippen LogP contribution in [0.25, 0.3) is 11.3 Å². The summed E-state index contributed by atoms with van der Waals surface area (Å²) in [6.45, 7) is 0. The Hall–Kier alpha value is -3.41. The highest BCUT2D eigenvalue weighted by Crippen LogP contribution is 2.20. The number of rotatable bonds is 5. The van der Waals surface area contributed by atoms with Gasteiger partial charge in [-0.1, -0.05) is 12.1 Å². The SMILES string of the molecule is CN(C)C(=O)c1ccc(C=NNc2ccc(-c3cnco3)cc2)cc1. The number of nitrogens with zero attached hydrogens (tertiary/aromatic N) is 3. The molecule has 0 aliphatic carbocycles. The van der Waals surface area contributed by atoms with E-state index in [2.05, 4.69) is 15.5 Å². The predicted molar refractivity (Wildman–Crippen MR) is 97.6 cm³/mol. The molecule has 25 heavy (non-hydrogen) atoms. The van der Waals surface area contributed by atoms with Gasteiger partial charge in [-0.3, -0.25) is 10.2 Å². The van der Waals surface area contributed by atoms with Crippen LogP contribution in [0.15, 0.2) is 70.6 Å². The number of hydrazone groups is 1. The van der Waals surface area contributed by atoms with Crippen LogP contribution in [0.3, 0.4) is 0 Å². The lowest BCUT2D eigenvalue weighted by Gasteiger charge is -2.09. The fraction of sp³-hybridized carbons (Fsp3) is 0.105. The van der Waals surface area contributed by atoms with E-state index in [4.69, 9.17) is 4.42 Å². The standard InChI is InChI=1S/C19H18N4O2/c1-23(2)19(24)16-5-3-14(4-6-16)11-21-22-17-9-7-15(8-10-17)18-12-20-13-25-18/h3-13,22H,1-2H3. The number of hydrogen-bond acceptors (Lipinski definition) is 5. The van der Waals surface area contributed by atoms with Crippen LogP contribution < -0.4 is 5.43 Å². The lowest BCUT2D eigenvalue weighted by molar-refractivity contribution is 0.0827. The highest BCUT2D eigenvalue weighted by atomic mass is 16.3. The molecule has 1 amide bonds. The molecule has 2 aromatic carbocycles. The van der Waals surface area contributed by atoms with Gasteiger partial charge < -0.3 is 9.32 Å². The van der Waals surface area contributed by atoms with Crippen molar-refractivity contribution in [3.63, 3.8) is 0 Å². The second-order valence-electron chi connectivity index (χ2n) is 5.63. The average molecular weight is 334 g/mol. The number of hydrogen-bond donors (Lipinski definition) is 1. The third kappa shape index (κ3) is 4.11. The van der Waals surface area contributed by atoms with Gasteiger partial charge in [0.1, 0.15) is 0 Å². The van der Waals surface area contributed by atoms with Gasteiger partial charge in [-0.05, 0) is 42.0 Å². The molecule has 0 unspecified atom stereocenters. The highest BCUT2D eigenvalue weighted by molar-refractivity contribution is 5.94. The largest absolute Gasteiger partial charge is 0.444 e. The van der Waals surface area contributed by atoms with Crippen molar-refractivity contribution in [2.45, 2.75) is 0 Å². The van der Waals surface area contributed by atoms with Gasteiger partial charge in [0.25, 0.3) is 5.91 Å². The van der Waals surface area contributed by atoms with E-state index in [9.17, 15) is 4.79 Å². The summed E-state index contributed by atoms with van der Waals surface area (Å²) >= 11 is 0. The van der Waals surface area contributed by atoms with Crippen molar-refractivity contribution in [3.8, 4) is 11.3 Å². The van der Waals surface area contributed by atoms with Crippen molar-refractivity contribution in [2.24, 2.45) is 5.10 Å². The molecule has 0 saturated carbocycles. The van der Waals surface area contributed by atoms with Crippen molar-refractivity contribution < 1.29 is 9.21 Å². The van der Waals surface area contributed by atoms with Crippen molar-refractivity contribution in [1.29, 1.82) is 0 Å². The molecule has 1 N–H and O–H groups in total. The Balaban J connectivity index is 1.60. The summed E-state index contributed by atoms with van der Waals surface area (Å²) in [6, 6.07) is 15.0. The summed E-state index contributed by atoms with van der Waals surface area (Å²) in [6.07, 6.45) is 4.78. The molecule has 0 aliphatic rings. The maximum atomic E-state index is 11.8. The number of oxazole rings is 1. The van der Waals surface area contributed by atoms with E-state index < -0.39 is 0 Å². The van der Waals surface area contributed by atoms with Crippen LogP contribution in [0.4, 0.5) is 5.69 Å². The molecule has 1 aromatic heterocycles. The molecule has 3 aromatic rings. The molecule has 0 saturated heterocycles. The van der Waals surface area contributed by atoms with Gasteiger partial charge in [-0.15, -0.1) is 0 Å². The fourth-order valence-corrected chi connectivity index (χ4v) is 2.22. The maximum Gasteiger partial charge on any atom is 0.253 e.